The number of fused-ring (bicyclic) bond motifs is 1. The van der Waals surface area contributed by atoms with Gasteiger partial charge in [0, 0.05) is 6.07 Å². The summed E-state index contributed by atoms with van der Waals surface area (Å²) in [5.74, 6) is -0.962. The second-order valence-electron chi connectivity index (χ2n) is 4.08. The molecule has 0 aliphatic heterocycles. The SMILES string of the molecule is Nc1ncnc2c1ncn2Cc1cc(F)cc(F)c1. The van der Waals surface area contributed by atoms with Crippen LogP contribution in [-0.4, -0.2) is 19.5 Å². The van der Waals surface area contributed by atoms with Gasteiger partial charge in [-0.05, 0) is 17.7 Å². The second kappa shape index (κ2) is 4.27. The van der Waals surface area contributed by atoms with E-state index in [1.54, 1.807) is 4.57 Å². The van der Waals surface area contributed by atoms with Crippen molar-refractivity contribution in [3.8, 4) is 0 Å². The number of nitrogen functional groups attached to an aromatic ring is 1. The number of nitrogens with zero attached hydrogens (tertiary/aromatic N) is 4. The summed E-state index contributed by atoms with van der Waals surface area (Å²) in [6.45, 7) is 0.252. The molecule has 2 aromatic heterocycles. The number of halogens is 2. The first-order valence-corrected chi connectivity index (χ1v) is 5.50. The molecule has 0 amide bonds. The van der Waals surface area contributed by atoms with Crippen LogP contribution in [0.15, 0.2) is 30.9 Å². The van der Waals surface area contributed by atoms with Gasteiger partial charge in [0.25, 0.3) is 0 Å². The molecule has 0 aliphatic rings. The fourth-order valence-corrected chi connectivity index (χ4v) is 1.91. The van der Waals surface area contributed by atoms with E-state index in [0.717, 1.165) is 6.07 Å². The average Bonchev–Trinajstić information content (AvgIpc) is 2.73. The third-order valence-corrected chi connectivity index (χ3v) is 2.70. The van der Waals surface area contributed by atoms with Crippen molar-refractivity contribution >= 4 is 17.0 Å². The number of rotatable bonds is 2. The molecule has 0 bridgehead atoms. The Morgan fingerprint density at radius 3 is 2.53 bits per heavy atom. The maximum atomic E-state index is 13.1. The molecule has 0 unspecified atom stereocenters. The molecular weight excluding hydrogens is 252 g/mol. The predicted molar refractivity (Wildman–Crippen MR) is 65.2 cm³/mol. The van der Waals surface area contributed by atoms with Crippen molar-refractivity contribution in [2.75, 3.05) is 5.73 Å². The van der Waals surface area contributed by atoms with Gasteiger partial charge in [-0.2, -0.15) is 0 Å². The second-order valence-corrected chi connectivity index (χ2v) is 4.08. The van der Waals surface area contributed by atoms with E-state index in [1.807, 2.05) is 0 Å². The van der Waals surface area contributed by atoms with Crippen molar-refractivity contribution < 1.29 is 8.78 Å². The van der Waals surface area contributed by atoms with Crippen LogP contribution in [0.1, 0.15) is 5.56 Å². The smallest absolute Gasteiger partial charge is 0.165 e. The lowest BCUT2D eigenvalue weighted by molar-refractivity contribution is 0.578. The topological polar surface area (TPSA) is 69.6 Å². The Labute approximate surface area is 106 Å². The highest BCUT2D eigenvalue weighted by molar-refractivity contribution is 5.81. The van der Waals surface area contributed by atoms with Crippen LogP contribution < -0.4 is 5.73 Å². The summed E-state index contributed by atoms with van der Waals surface area (Å²) in [6, 6.07) is 3.36. The van der Waals surface area contributed by atoms with Crippen LogP contribution in [0.2, 0.25) is 0 Å². The van der Waals surface area contributed by atoms with Crippen molar-refractivity contribution in [1.29, 1.82) is 0 Å². The van der Waals surface area contributed by atoms with Gasteiger partial charge in [-0.25, -0.2) is 23.7 Å². The lowest BCUT2D eigenvalue weighted by atomic mass is 10.2. The van der Waals surface area contributed by atoms with Crippen LogP contribution in [0.25, 0.3) is 11.2 Å². The van der Waals surface area contributed by atoms with Gasteiger partial charge in [-0.1, -0.05) is 0 Å². The molecule has 3 rings (SSSR count). The normalized spacial score (nSPS) is 11.1. The third-order valence-electron chi connectivity index (χ3n) is 2.70. The van der Waals surface area contributed by atoms with Crippen LogP contribution in [0.4, 0.5) is 14.6 Å². The molecule has 0 atom stereocenters. The molecule has 0 saturated heterocycles. The summed E-state index contributed by atoms with van der Waals surface area (Å²) in [5, 5.41) is 0. The van der Waals surface area contributed by atoms with E-state index in [4.69, 9.17) is 5.73 Å². The Kier molecular flexibility index (Phi) is 2.59. The lowest BCUT2D eigenvalue weighted by Gasteiger charge is -2.04. The number of hydrogen-bond acceptors (Lipinski definition) is 4. The maximum Gasteiger partial charge on any atom is 0.165 e. The first-order valence-electron chi connectivity index (χ1n) is 5.50. The fraction of sp³-hybridized carbons (Fsp3) is 0.0833. The number of anilines is 1. The summed E-state index contributed by atoms with van der Waals surface area (Å²) in [6.07, 6.45) is 2.83. The van der Waals surface area contributed by atoms with Gasteiger partial charge in [0.1, 0.15) is 23.5 Å². The van der Waals surface area contributed by atoms with Crippen LogP contribution >= 0.6 is 0 Å². The van der Waals surface area contributed by atoms with E-state index >= 15 is 0 Å². The molecule has 2 N–H and O–H groups in total. The molecule has 0 aliphatic carbocycles. The van der Waals surface area contributed by atoms with Crippen LogP contribution in [0.5, 0.6) is 0 Å². The predicted octanol–water partition coefficient (Wildman–Crippen LogP) is 1.73. The maximum absolute atomic E-state index is 13.1. The zero-order valence-corrected chi connectivity index (χ0v) is 9.72. The standard InChI is InChI=1S/C12H9F2N5/c13-8-1-7(2-9(14)3-8)4-19-6-18-10-11(15)16-5-17-12(10)19/h1-3,5-6H,4H2,(H2,15,16,17). The zero-order chi connectivity index (χ0) is 13.4. The van der Waals surface area contributed by atoms with Gasteiger partial charge in [0.05, 0.1) is 12.9 Å². The summed E-state index contributed by atoms with van der Waals surface area (Å²) in [4.78, 5) is 12.0. The monoisotopic (exact) mass is 261 g/mol. The van der Waals surface area contributed by atoms with Crippen LogP contribution in [0, 0.1) is 11.6 Å². The highest BCUT2D eigenvalue weighted by atomic mass is 19.1. The molecule has 5 nitrogen and oxygen atoms in total. The molecule has 1 aromatic carbocycles. The average molecular weight is 261 g/mol. The minimum absolute atomic E-state index is 0.252. The van der Waals surface area contributed by atoms with Gasteiger partial charge in [0.15, 0.2) is 11.5 Å². The van der Waals surface area contributed by atoms with Crippen LogP contribution in [0.3, 0.4) is 0 Å². The van der Waals surface area contributed by atoms with Gasteiger partial charge in [-0.3, -0.25) is 0 Å². The Balaban J connectivity index is 2.04. The van der Waals surface area contributed by atoms with Crippen molar-refractivity contribution in [3.05, 3.63) is 48.1 Å². The number of benzene rings is 1. The molecule has 7 heteroatoms. The van der Waals surface area contributed by atoms with Gasteiger partial charge < -0.3 is 10.3 Å². The molecule has 0 spiro atoms. The minimum Gasteiger partial charge on any atom is -0.382 e. The van der Waals surface area contributed by atoms with Crippen molar-refractivity contribution in [2.24, 2.45) is 0 Å². The molecule has 19 heavy (non-hydrogen) atoms. The van der Waals surface area contributed by atoms with E-state index in [9.17, 15) is 8.78 Å². The molecule has 0 saturated carbocycles. The van der Waals surface area contributed by atoms with Crippen LogP contribution in [-0.2, 0) is 6.54 Å². The highest BCUT2D eigenvalue weighted by Gasteiger charge is 2.09. The summed E-state index contributed by atoms with van der Waals surface area (Å²) in [5.41, 5.74) is 7.14. The van der Waals surface area contributed by atoms with E-state index in [1.165, 1.54) is 24.8 Å². The Bertz CT molecular complexity index is 733. The zero-order valence-electron chi connectivity index (χ0n) is 9.72. The number of nitrogens with two attached hydrogens (primary N) is 1. The molecular formula is C12H9F2N5. The molecule has 96 valence electrons. The summed E-state index contributed by atoms with van der Waals surface area (Å²) < 4.78 is 27.9. The largest absolute Gasteiger partial charge is 0.382 e. The first kappa shape index (κ1) is 11.5. The van der Waals surface area contributed by atoms with E-state index < -0.39 is 11.6 Å². The number of hydrogen-bond donors (Lipinski definition) is 1. The Morgan fingerprint density at radius 1 is 1.05 bits per heavy atom. The molecule has 2 heterocycles. The van der Waals surface area contributed by atoms with Gasteiger partial charge in [-0.15, -0.1) is 0 Å². The quantitative estimate of drug-likeness (QED) is 0.762. The third kappa shape index (κ3) is 2.10. The van der Waals surface area contributed by atoms with E-state index in [2.05, 4.69) is 15.0 Å². The summed E-state index contributed by atoms with van der Waals surface area (Å²) >= 11 is 0. The van der Waals surface area contributed by atoms with E-state index in [0.29, 0.717) is 16.7 Å². The highest BCUT2D eigenvalue weighted by Crippen LogP contribution is 2.16. The minimum atomic E-state index is -0.617. The Morgan fingerprint density at radius 2 is 1.79 bits per heavy atom. The number of imidazole rings is 1. The van der Waals surface area contributed by atoms with E-state index in [-0.39, 0.29) is 12.4 Å². The van der Waals surface area contributed by atoms with Gasteiger partial charge >= 0.3 is 0 Å². The van der Waals surface area contributed by atoms with Crippen molar-refractivity contribution in [3.63, 3.8) is 0 Å². The number of aromatic nitrogens is 4. The molecule has 3 aromatic rings. The fourth-order valence-electron chi connectivity index (χ4n) is 1.91. The van der Waals surface area contributed by atoms with Crippen molar-refractivity contribution in [1.82, 2.24) is 19.5 Å². The lowest BCUT2D eigenvalue weighted by Crippen LogP contribution is -2.01. The Hall–Kier alpha value is -2.57. The summed E-state index contributed by atoms with van der Waals surface area (Å²) in [7, 11) is 0. The van der Waals surface area contributed by atoms with Crippen molar-refractivity contribution in [2.45, 2.75) is 6.54 Å². The van der Waals surface area contributed by atoms with Gasteiger partial charge in [0.2, 0.25) is 0 Å². The molecule has 0 radical (unpaired) electrons. The first-order chi connectivity index (χ1) is 9.13. The molecule has 0 fully saturated rings.